The molecule has 0 unspecified atom stereocenters. The fraction of sp³-hybridized carbons (Fsp3) is 0.0909. The number of hydrogen-bond acceptors (Lipinski definition) is 10. The summed E-state index contributed by atoms with van der Waals surface area (Å²) in [5.74, 6) is -0.0618. The van der Waals surface area contributed by atoms with E-state index < -0.39 is 12.0 Å². The van der Waals surface area contributed by atoms with Gasteiger partial charge < -0.3 is 9.15 Å². The van der Waals surface area contributed by atoms with E-state index in [0.717, 1.165) is 21.3 Å². The average molecular weight is 712 g/mol. The molecule has 10 nitrogen and oxygen atoms in total. The highest BCUT2D eigenvalue weighted by atomic mass is 79.9. The van der Waals surface area contributed by atoms with Gasteiger partial charge in [0.2, 0.25) is 5.16 Å². The summed E-state index contributed by atoms with van der Waals surface area (Å²) < 4.78 is 16.0. The number of para-hydroxylation sites is 1. The number of nitrogens with zero attached hydrogens (tertiary/aromatic N) is 6. The van der Waals surface area contributed by atoms with Crippen molar-refractivity contribution in [3.63, 3.8) is 0 Å². The summed E-state index contributed by atoms with van der Waals surface area (Å²) >= 11 is 6.04. The van der Waals surface area contributed by atoms with E-state index in [9.17, 15) is 9.59 Å². The van der Waals surface area contributed by atoms with Gasteiger partial charge in [-0.1, -0.05) is 87.9 Å². The lowest BCUT2D eigenvalue weighted by molar-refractivity contribution is -0.138. The number of carbonyl (C=O) groups is 1. The SMILES string of the molecule is CCOC(=O)C1=C(c2ccccc2)N=c2s/c(=C\c3ccc(Sc4nnnn4-c4ccccc4)o3)c(=O)n2[C@@H]1c1cccc(Br)c1. The number of thiazole rings is 1. The molecule has 0 radical (unpaired) electrons. The fourth-order valence-corrected chi connectivity index (χ4v) is 7.25. The molecule has 3 aromatic heterocycles. The van der Waals surface area contributed by atoms with Crippen molar-refractivity contribution in [2.75, 3.05) is 6.61 Å². The lowest BCUT2D eigenvalue weighted by atomic mass is 9.93. The van der Waals surface area contributed by atoms with Crippen LogP contribution in [0.1, 0.15) is 29.9 Å². The summed E-state index contributed by atoms with van der Waals surface area (Å²) in [5.41, 5.74) is 2.75. The van der Waals surface area contributed by atoms with Gasteiger partial charge in [0.15, 0.2) is 9.89 Å². The number of aromatic nitrogens is 5. The zero-order valence-electron chi connectivity index (χ0n) is 24.1. The number of fused-ring (bicyclic) bond motifs is 1. The van der Waals surface area contributed by atoms with Gasteiger partial charge in [0, 0.05) is 16.1 Å². The second kappa shape index (κ2) is 12.9. The Morgan fingerprint density at radius 2 is 1.83 bits per heavy atom. The second-order valence-electron chi connectivity index (χ2n) is 9.95. The van der Waals surface area contributed by atoms with Crippen molar-refractivity contribution < 1.29 is 13.9 Å². The lowest BCUT2D eigenvalue weighted by Crippen LogP contribution is -2.40. The summed E-state index contributed by atoms with van der Waals surface area (Å²) in [7, 11) is 0. The molecule has 46 heavy (non-hydrogen) atoms. The molecule has 4 heterocycles. The normalized spacial score (nSPS) is 14.7. The Hall–Kier alpha value is -4.85. The quantitative estimate of drug-likeness (QED) is 0.192. The van der Waals surface area contributed by atoms with Crippen molar-refractivity contribution in [1.82, 2.24) is 24.8 Å². The monoisotopic (exact) mass is 710 g/mol. The topological polar surface area (TPSA) is 117 Å². The number of ether oxygens (including phenoxy) is 1. The van der Waals surface area contributed by atoms with Crippen LogP contribution in [0, 0.1) is 0 Å². The molecule has 1 aliphatic rings. The number of esters is 1. The van der Waals surface area contributed by atoms with Gasteiger partial charge >= 0.3 is 5.97 Å². The summed E-state index contributed by atoms with van der Waals surface area (Å²) in [5, 5.41) is 13.1. The molecule has 6 aromatic rings. The molecule has 7 rings (SSSR count). The lowest BCUT2D eigenvalue weighted by Gasteiger charge is -2.26. The van der Waals surface area contributed by atoms with Crippen molar-refractivity contribution in [2.24, 2.45) is 4.99 Å². The van der Waals surface area contributed by atoms with Crippen LogP contribution < -0.4 is 14.9 Å². The maximum Gasteiger partial charge on any atom is 0.338 e. The van der Waals surface area contributed by atoms with Gasteiger partial charge in [0.25, 0.3) is 5.56 Å². The molecule has 228 valence electrons. The van der Waals surface area contributed by atoms with Crippen molar-refractivity contribution in [3.05, 3.63) is 144 Å². The summed E-state index contributed by atoms with van der Waals surface area (Å²) in [6, 6.07) is 29.4. The Bertz CT molecular complexity index is 2280. The van der Waals surface area contributed by atoms with Gasteiger partial charge in [-0.3, -0.25) is 9.36 Å². The minimum Gasteiger partial charge on any atom is -0.463 e. The zero-order chi connectivity index (χ0) is 31.6. The minimum atomic E-state index is -0.773. The highest BCUT2D eigenvalue weighted by Gasteiger charge is 2.35. The zero-order valence-corrected chi connectivity index (χ0v) is 27.3. The highest BCUT2D eigenvalue weighted by molar-refractivity contribution is 9.10. The van der Waals surface area contributed by atoms with Crippen molar-refractivity contribution in [1.29, 1.82) is 0 Å². The third-order valence-corrected chi connectivity index (χ3v) is 9.38. The number of carbonyl (C=O) groups excluding carboxylic acids is 1. The smallest absolute Gasteiger partial charge is 0.338 e. The maximum absolute atomic E-state index is 14.1. The number of furan rings is 1. The fourth-order valence-electron chi connectivity index (χ4n) is 5.09. The summed E-state index contributed by atoms with van der Waals surface area (Å²) in [6.45, 7) is 1.93. The molecule has 1 aliphatic heterocycles. The van der Waals surface area contributed by atoms with E-state index in [2.05, 4.69) is 31.5 Å². The molecule has 13 heteroatoms. The van der Waals surface area contributed by atoms with Crippen LogP contribution >= 0.6 is 39.0 Å². The first-order valence-corrected chi connectivity index (χ1v) is 16.6. The molecule has 0 spiro atoms. The van der Waals surface area contributed by atoms with Crippen molar-refractivity contribution >= 4 is 56.8 Å². The van der Waals surface area contributed by atoms with E-state index in [1.54, 1.807) is 34.4 Å². The first-order chi connectivity index (χ1) is 22.5. The molecule has 0 aliphatic carbocycles. The number of tetrazole rings is 1. The highest BCUT2D eigenvalue weighted by Crippen LogP contribution is 2.36. The molecule has 1 atom stereocenters. The van der Waals surface area contributed by atoms with Gasteiger partial charge in [-0.25, -0.2) is 9.79 Å². The van der Waals surface area contributed by atoms with Gasteiger partial charge in [-0.15, -0.1) is 5.10 Å². The van der Waals surface area contributed by atoms with Gasteiger partial charge in [-0.05, 0) is 71.1 Å². The Morgan fingerprint density at radius 3 is 2.59 bits per heavy atom. The van der Waals surface area contributed by atoms with E-state index in [4.69, 9.17) is 14.1 Å². The van der Waals surface area contributed by atoms with E-state index >= 15 is 0 Å². The average Bonchev–Trinajstić information content (AvgIpc) is 3.81. The van der Waals surface area contributed by atoms with Crippen LogP contribution in [0.4, 0.5) is 0 Å². The first-order valence-electron chi connectivity index (χ1n) is 14.2. The number of rotatable bonds is 8. The Balaban J connectivity index is 1.33. The molecule has 0 saturated heterocycles. The Morgan fingerprint density at radius 1 is 1.04 bits per heavy atom. The van der Waals surface area contributed by atoms with Crippen molar-refractivity contribution in [3.8, 4) is 5.69 Å². The van der Waals surface area contributed by atoms with Crippen LogP contribution in [-0.4, -0.2) is 37.4 Å². The summed E-state index contributed by atoms with van der Waals surface area (Å²) in [6.07, 6.45) is 1.68. The third kappa shape index (κ3) is 5.80. The van der Waals surface area contributed by atoms with Crippen LogP contribution in [0.3, 0.4) is 0 Å². The largest absolute Gasteiger partial charge is 0.463 e. The number of halogens is 1. The molecule has 0 bridgehead atoms. The van der Waals surface area contributed by atoms with Crippen LogP contribution in [0.5, 0.6) is 0 Å². The van der Waals surface area contributed by atoms with Crippen molar-refractivity contribution in [2.45, 2.75) is 23.2 Å². The maximum atomic E-state index is 14.1. The van der Waals surface area contributed by atoms with E-state index in [1.807, 2.05) is 84.9 Å². The predicted octanol–water partition coefficient (Wildman–Crippen LogP) is 5.42. The van der Waals surface area contributed by atoms with Crippen LogP contribution in [0.15, 0.2) is 132 Å². The Kier molecular flexibility index (Phi) is 8.35. The molecule has 0 N–H and O–H groups in total. The van der Waals surface area contributed by atoms with Crippen LogP contribution in [-0.2, 0) is 9.53 Å². The molecular weight excluding hydrogens is 688 g/mol. The molecule has 0 fully saturated rings. The molecule has 0 saturated carbocycles. The molecular formula is C33H23BrN6O4S2. The minimum absolute atomic E-state index is 0.177. The first kappa shape index (κ1) is 29.8. The van der Waals surface area contributed by atoms with E-state index in [1.165, 1.54) is 23.1 Å². The number of benzene rings is 3. The Labute approximate surface area is 278 Å². The molecule has 0 amide bonds. The van der Waals surface area contributed by atoms with Gasteiger partial charge in [0.1, 0.15) is 5.76 Å². The number of hydrogen-bond donors (Lipinski definition) is 0. The van der Waals surface area contributed by atoms with Gasteiger partial charge in [-0.2, -0.15) is 4.68 Å². The molecule has 3 aromatic carbocycles. The van der Waals surface area contributed by atoms with E-state index in [-0.39, 0.29) is 17.7 Å². The standard InChI is InChI=1S/C33H23BrN6O4S2/c1-2-43-31(42)27-28(20-10-5-3-6-11-20)35-32-39(29(27)21-12-9-13-22(34)18-21)30(41)25(45-32)19-24-16-17-26(44-24)46-33-36-37-38-40(33)23-14-7-4-8-15-23/h3-19,29H,2H2,1H3/b25-19-/t29-/m1/s1. The second-order valence-corrected chi connectivity index (χ2v) is 12.9. The van der Waals surface area contributed by atoms with Gasteiger partial charge in [0.05, 0.1) is 34.1 Å². The van der Waals surface area contributed by atoms with Crippen LogP contribution in [0.2, 0.25) is 0 Å². The predicted molar refractivity (Wildman–Crippen MR) is 177 cm³/mol. The third-order valence-electron chi connectivity index (χ3n) is 7.05. The van der Waals surface area contributed by atoms with E-state index in [0.29, 0.717) is 31.0 Å². The summed E-state index contributed by atoms with van der Waals surface area (Å²) in [4.78, 5) is 33.1. The van der Waals surface area contributed by atoms with Crippen LogP contribution in [0.25, 0.3) is 17.5 Å².